The second-order valence-electron chi connectivity index (χ2n) is 8.09. The Morgan fingerprint density at radius 2 is 1.79 bits per heavy atom. The standard InChI is InChI=1S/C19H32N2O3/c22-19(5-12-24-17-3-10-23-11-4-17)21-8-6-20(7-9-21)18-14-15-1-2-16(18)13-15/h15-18H,1-14H2/t15-,16-,18-/m1/s1. The van der Waals surface area contributed by atoms with Crippen molar-refractivity contribution in [2.24, 2.45) is 11.8 Å². The largest absolute Gasteiger partial charge is 0.381 e. The zero-order valence-electron chi connectivity index (χ0n) is 14.8. The van der Waals surface area contributed by atoms with Crippen LogP contribution in [0.25, 0.3) is 0 Å². The molecule has 5 nitrogen and oxygen atoms in total. The number of fused-ring (bicyclic) bond motifs is 2. The van der Waals surface area contributed by atoms with Gasteiger partial charge >= 0.3 is 0 Å². The average molecular weight is 336 g/mol. The number of amides is 1. The minimum atomic E-state index is 0.273. The van der Waals surface area contributed by atoms with Gasteiger partial charge in [0.2, 0.25) is 5.91 Å². The van der Waals surface area contributed by atoms with Crippen molar-refractivity contribution in [1.29, 1.82) is 0 Å². The maximum atomic E-state index is 12.4. The van der Waals surface area contributed by atoms with Crippen molar-refractivity contribution < 1.29 is 14.3 Å². The number of nitrogens with zero attached hydrogens (tertiary/aromatic N) is 2. The Balaban J connectivity index is 1.15. The van der Waals surface area contributed by atoms with E-state index in [1.807, 2.05) is 0 Å². The van der Waals surface area contributed by atoms with E-state index in [-0.39, 0.29) is 5.91 Å². The van der Waals surface area contributed by atoms with Gasteiger partial charge in [0.1, 0.15) is 0 Å². The van der Waals surface area contributed by atoms with Gasteiger partial charge in [-0.1, -0.05) is 6.42 Å². The van der Waals surface area contributed by atoms with Crippen LogP contribution in [0.1, 0.15) is 44.9 Å². The maximum Gasteiger partial charge on any atom is 0.224 e. The summed E-state index contributed by atoms with van der Waals surface area (Å²) in [5.41, 5.74) is 0. The van der Waals surface area contributed by atoms with Crippen LogP contribution in [0, 0.1) is 11.8 Å². The first-order valence-corrected chi connectivity index (χ1v) is 10.0. The minimum Gasteiger partial charge on any atom is -0.381 e. The molecule has 2 saturated carbocycles. The lowest BCUT2D eigenvalue weighted by atomic mass is 9.93. The zero-order valence-corrected chi connectivity index (χ0v) is 14.8. The molecule has 136 valence electrons. The molecular weight excluding hydrogens is 304 g/mol. The number of piperazine rings is 1. The number of hydrogen-bond acceptors (Lipinski definition) is 4. The van der Waals surface area contributed by atoms with Crippen LogP contribution < -0.4 is 0 Å². The molecule has 2 aliphatic heterocycles. The molecule has 0 aromatic heterocycles. The molecule has 0 aromatic carbocycles. The van der Waals surface area contributed by atoms with Crippen LogP contribution in [0.4, 0.5) is 0 Å². The van der Waals surface area contributed by atoms with Crippen molar-refractivity contribution in [1.82, 2.24) is 9.80 Å². The molecule has 3 atom stereocenters. The van der Waals surface area contributed by atoms with E-state index >= 15 is 0 Å². The van der Waals surface area contributed by atoms with Gasteiger partial charge < -0.3 is 14.4 Å². The summed E-state index contributed by atoms with van der Waals surface area (Å²) in [5, 5.41) is 0. The molecule has 1 amide bonds. The summed E-state index contributed by atoms with van der Waals surface area (Å²) in [6.45, 7) is 6.11. The number of carbonyl (C=O) groups excluding carboxylic acids is 1. The smallest absolute Gasteiger partial charge is 0.224 e. The molecule has 4 fully saturated rings. The molecule has 4 rings (SSSR count). The molecule has 24 heavy (non-hydrogen) atoms. The predicted molar refractivity (Wildman–Crippen MR) is 91.8 cm³/mol. The predicted octanol–water partition coefficient (Wildman–Crippen LogP) is 1.90. The minimum absolute atomic E-state index is 0.273. The molecule has 2 heterocycles. The van der Waals surface area contributed by atoms with Gasteiger partial charge in [-0.3, -0.25) is 9.69 Å². The second kappa shape index (κ2) is 7.71. The molecule has 2 saturated heterocycles. The summed E-state index contributed by atoms with van der Waals surface area (Å²) in [4.78, 5) is 17.1. The number of hydrogen-bond donors (Lipinski definition) is 0. The van der Waals surface area contributed by atoms with E-state index in [9.17, 15) is 4.79 Å². The highest BCUT2D eigenvalue weighted by Gasteiger charge is 2.42. The first-order chi connectivity index (χ1) is 11.8. The molecule has 2 aliphatic carbocycles. The van der Waals surface area contributed by atoms with Gasteiger partial charge in [0.25, 0.3) is 0 Å². The molecule has 4 aliphatic rings. The van der Waals surface area contributed by atoms with Crippen LogP contribution in [0.3, 0.4) is 0 Å². The number of ether oxygens (including phenoxy) is 2. The van der Waals surface area contributed by atoms with E-state index in [0.717, 1.165) is 70.1 Å². The first kappa shape index (κ1) is 16.8. The Labute approximate surface area is 145 Å². The van der Waals surface area contributed by atoms with E-state index in [4.69, 9.17) is 9.47 Å². The van der Waals surface area contributed by atoms with E-state index in [1.165, 1.54) is 25.7 Å². The SMILES string of the molecule is O=C(CCOC1CCOCC1)N1CCN([C@@H]2C[C@@H]3CC[C@@H]2C3)CC1. The molecule has 0 spiro atoms. The summed E-state index contributed by atoms with van der Waals surface area (Å²) >= 11 is 0. The summed E-state index contributed by atoms with van der Waals surface area (Å²) in [6, 6.07) is 0.817. The van der Waals surface area contributed by atoms with Gasteiger partial charge in [0.15, 0.2) is 0 Å². The number of carbonyl (C=O) groups is 1. The van der Waals surface area contributed by atoms with Crippen LogP contribution in [0.15, 0.2) is 0 Å². The highest BCUT2D eigenvalue weighted by atomic mass is 16.5. The van der Waals surface area contributed by atoms with Crippen LogP contribution >= 0.6 is 0 Å². The van der Waals surface area contributed by atoms with Crippen LogP contribution in [0.2, 0.25) is 0 Å². The van der Waals surface area contributed by atoms with Crippen molar-refractivity contribution in [2.45, 2.75) is 57.1 Å². The van der Waals surface area contributed by atoms with Crippen LogP contribution in [-0.2, 0) is 14.3 Å². The highest BCUT2D eigenvalue weighted by molar-refractivity contribution is 5.76. The van der Waals surface area contributed by atoms with Gasteiger partial charge in [-0.2, -0.15) is 0 Å². The highest BCUT2D eigenvalue weighted by Crippen LogP contribution is 2.46. The normalized spacial score (nSPS) is 34.8. The second-order valence-corrected chi connectivity index (χ2v) is 8.09. The Morgan fingerprint density at radius 3 is 2.46 bits per heavy atom. The van der Waals surface area contributed by atoms with Gasteiger partial charge in [0, 0.05) is 45.4 Å². The fraction of sp³-hybridized carbons (Fsp3) is 0.947. The molecule has 5 heteroatoms. The lowest BCUT2D eigenvalue weighted by Crippen LogP contribution is -2.53. The summed E-state index contributed by atoms with van der Waals surface area (Å²) < 4.78 is 11.2. The van der Waals surface area contributed by atoms with Gasteiger partial charge in [-0.15, -0.1) is 0 Å². The lowest BCUT2D eigenvalue weighted by Gasteiger charge is -2.41. The Morgan fingerprint density at radius 1 is 1.00 bits per heavy atom. The molecule has 0 aromatic rings. The third-order valence-corrected chi connectivity index (χ3v) is 6.67. The molecule has 2 bridgehead atoms. The van der Waals surface area contributed by atoms with Crippen molar-refractivity contribution in [3.63, 3.8) is 0 Å². The summed E-state index contributed by atoms with van der Waals surface area (Å²) in [5.74, 6) is 2.22. The third-order valence-electron chi connectivity index (χ3n) is 6.67. The van der Waals surface area contributed by atoms with Gasteiger partial charge in [-0.05, 0) is 43.9 Å². The Bertz CT molecular complexity index is 430. The van der Waals surface area contributed by atoms with E-state index in [2.05, 4.69) is 9.80 Å². The van der Waals surface area contributed by atoms with Crippen molar-refractivity contribution in [2.75, 3.05) is 46.0 Å². The third kappa shape index (κ3) is 3.78. The Kier molecular flexibility index (Phi) is 5.40. The van der Waals surface area contributed by atoms with Gasteiger partial charge in [-0.25, -0.2) is 0 Å². The lowest BCUT2D eigenvalue weighted by molar-refractivity contribution is -0.135. The van der Waals surface area contributed by atoms with Crippen molar-refractivity contribution in [3.8, 4) is 0 Å². The fourth-order valence-electron chi connectivity index (χ4n) is 5.27. The van der Waals surface area contributed by atoms with Crippen LogP contribution in [0.5, 0.6) is 0 Å². The quantitative estimate of drug-likeness (QED) is 0.769. The fourth-order valence-corrected chi connectivity index (χ4v) is 5.27. The van der Waals surface area contributed by atoms with E-state index in [0.29, 0.717) is 19.1 Å². The molecule has 0 N–H and O–H groups in total. The maximum absolute atomic E-state index is 12.4. The zero-order chi connectivity index (χ0) is 16.4. The monoisotopic (exact) mass is 336 g/mol. The van der Waals surface area contributed by atoms with Crippen molar-refractivity contribution in [3.05, 3.63) is 0 Å². The van der Waals surface area contributed by atoms with Crippen LogP contribution in [-0.4, -0.2) is 73.9 Å². The van der Waals surface area contributed by atoms with Crippen molar-refractivity contribution >= 4 is 5.91 Å². The molecular formula is C19H32N2O3. The Hall–Kier alpha value is -0.650. The van der Waals surface area contributed by atoms with E-state index < -0.39 is 0 Å². The summed E-state index contributed by atoms with van der Waals surface area (Å²) in [6.07, 6.45) is 8.55. The number of rotatable bonds is 5. The molecule has 0 unspecified atom stereocenters. The summed E-state index contributed by atoms with van der Waals surface area (Å²) in [7, 11) is 0. The molecule has 0 radical (unpaired) electrons. The van der Waals surface area contributed by atoms with Gasteiger partial charge in [0.05, 0.1) is 19.1 Å². The van der Waals surface area contributed by atoms with E-state index in [1.54, 1.807) is 0 Å². The topological polar surface area (TPSA) is 42.0 Å². The first-order valence-electron chi connectivity index (χ1n) is 10.0. The average Bonchev–Trinajstić information content (AvgIpc) is 3.26.